The van der Waals surface area contributed by atoms with Crippen molar-refractivity contribution in [3.8, 4) is 11.4 Å². The van der Waals surface area contributed by atoms with E-state index in [0.29, 0.717) is 23.0 Å². The van der Waals surface area contributed by atoms with Crippen LogP contribution < -0.4 is 10.2 Å². The lowest BCUT2D eigenvalue weighted by Crippen LogP contribution is -2.50. The summed E-state index contributed by atoms with van der Waals surface area (Å²) in [5, 5.41) is 15.6. The van der Waals surface area contributed by atoms with E-state index in [1.165, 1.54) is 9.70 Å². The lowest BCUT2D eigenvalue weighted by atomic mass is 10.1. The lowest BCUT2D eigenvalue weighted by Gasteiger charge is -2.32. The molecular formula is C27H30N6O3. The molecule has 4 aromatic rings. The molecule has 2 heterocycles. The van der Waals surface area contributed by atoms with Crippen LogP contribution in [0.25, 0.3) is 11.4 Å². The van der Waals surface area contributed by atoms with Gasteiger partial charge in [0.25, 0.3) is 11.8 Å². The van der Waals surface area contributed by atoms with Gasteiger partial charge < -0.3 is 9.73 Å². The number of nitrogens with zero attached hydrogens (tertiary/aromatic N) is 5. The number of nitrogens with one attached hydrogen (secondary N) is 1. The molecule has 0 unspecified atom stereocenters. The number of rotatable bonds is 7. The highest BCUT2D eigenvalue weighted by Gasteiger charge is 2.36. The Morgan fingerprint density at radius 2 is 1.69 bits per heavy atom. The molecule has 2 aromatic heterocycles. The molecule has 0 radical (unpaired) electrons. The van der Waals surface area contributed by atoms with Crippen molar-refractivity contribution < 1.29 is 14.0 Å². The van der Waals surface area contributed by atoms with Crippen LogP contribution in [0.5, 0.6) is 0 Å². The average Bonchev–Trinajstić information content (AvgIpc) is 3.46. The topological polar surface area (TPSA) is 106 Å². The van der Waals surface area contributed by atoms with E-state index in [0.717, 1.165) is 11.1 Å². The van der Waals surface area contributed by atoms with Crippen molar-refractivity contribution >= 4 is 17.5 Å². The van der Waals surface area contributed by atoms with E-state index in [1.807, 2.05) is 70.2 Å². The zero-order valence-electron chi connectivity index (χ0n) is 21.1. The van der Waals surface area contributed by atoms with Crippen molar-refractivity contribution in [1.29, 1.82) is 0 Å². The first-order valence-corrected chi connectivity index (χ1v) is 11.7. The molecule has 0 aliphatic rings. The summed E-state index contributed by atoms with van der Waals surface area (Å²) in [4.78, 5) is 30.0. The fraction of sp³-hybridized carbons (Fsp3) is 0.296. The summed E-state index contributed by atoms with van der Waals surface area (Å²) in [6.45, 7) is 9.23. The molecule has 9 heteroatoms. The zero-order valence-corrected chi connectivity index (χ0v) is 21.1. The quantitative estimate of drug-likeness (QED) is 0.419. The van der Waals surface area contributed by atoms with Crippen molar-refractivity contribution in [2.45, 2.75) is 52.7 Å². The molecule has 186 valence electrons. The number of hydrogen-bond donors (Lipinski definition) is 1. The number of aryl methyl sites for hydroxylation is 2. The van der Waals surface area contributed by atoms with Crippen LogP contribution in [0, 0.1) is 13.8 Å². The second kappa shape index (κ2) is 10.2. The Bertz CT molecular complexity index is 1340. The predicted octanol–water partition coefficient (Wildman–Crippen LogP) is 4.24. The minimum atomic E-state index is -1.03. The first-order chi connectivity index (χ1) is 17.1. The molecule has 1 atom stereocenters. The number of furan rings is 1. The van der Waals surface area contributed by atoms with Crippen LogP contribution in [0.15, 0.2) is 71.1 Å². The van der Waals surface area contributed by atoms with Gasteiger partial charge in [-0.3, -0.25) is 14.5 Å². The maximum atomic E-state index is 13.8. The molecule has 0 saturated carbocycles. The molecule has 36 heavy (non-hydrogen) atoms. The third kappa shape index (κ3) is 5.86. The molecule has 0 saturated heterocycles. The Hall–Kier alpha value is -4.27. The minimum Gasteiger partial charge on any atom is -0.464 e. The zero-order chi connectivity index (χ0) is 25.9. The SMILES string of the molecule is Cc1ccc(-c2nnn(CC(=O)N(c3ccccc3)[C@H](C(=O)NC(C)(C)C)c3ccc(C)o3)n2)cc1. The summed E-state index contributed by atoms with van der Waals surface area (Å²) >= 11 is 0. The van der Waals surface area contributed by atoms with Crippen molar-refractivity contribution in [1.82, 2.24) is 25.5 Å². The first kappa shape index (κ1) is 24.8. The summed E-state index contributed by atoms with van der Waals surface area (Å²) in [5.74, 6) is 0.661. The molecule has 1 N–H and O–H groups in total. The molecule has 2 amide bonds. The van der Waals surface area contributed by atoms with E-state index in [-0.39, 0.29) is 12.5 Å². The third-order valence-corrected chi connectivity index (χ3v) is 5.38. The average molecular weight is 487 g/mol. The molecule has 4 rings (SSSR count). The van der Waals surface area contributed by atoms with Crippen molar-refractivity contribution in [3.63, 3.8) is 0 Å². The maximum Gasteiger partial charge on any atom is 0.251 e. The molecule has 2 aromatic carbocycles. The fourth-order valence-electron chi connectivity index (χ4n) is 3.76. The van der Waals surface area contributed by atoms with Gasteiger partial charge >= 0.3 is 0 Å². The van der Waals surface area contributed by atoms with Crippen LogP contribution in [-0.2, 0) is 16.1 Å². The van der Waals surface area contributed by atoms with E-state index in [4.69, 9.17) is 4.42 Å². The van der Waals surface area contributed by atoms with Gasteiger partial charge in [0.1, 0.15) is 18.1 Å². The van der Waals surface area contributed by atoms with Gasteiger partial charge in [0.15, 0.2) is 6.04 Å². The summed E-state index contributed by atoms with van der Waals surface area (Å²) in [6, 6.07) is 19.2. The molecule has 0 fully saturated rings. The monoisotopic (exact) mass is 486 g/mol. The van der Waals surface area contributed by atoms with E-state index >= 15 is 0 Å². The largest absolute Gasteiger partial charge is 0.464 e. The minimum absolute atomic E-state index is 0.216. The predicted molar refractivity (Wildman–Crippen MR) is 136 cm³/mol. The molecule has 9 nitrogen and oxygen atoms in total. The number of anilines is 1. The standard InChI is InChI=1S/C27H30N6O3/c1-18-11-14-20(15-12-18)25-29-31-32(30-25)17-23(34)33(21-9-7-6-8-10-21)24(22-16-13-19(2)36-22)26(35)28-27(3,4)5/h6-16,24H,17H2,1-5H3,(H,28,35)/t24-/m0/s1. The molecular weight excluding hydrogens is 456 g/mol. The van der Waals surface area contributed by atoms with Crippen LogP contribution in [0.2, 0.25) is 0 Å². The van der Waals surface area contributed by atoms with Crippen LogP contribution in [0.4, 0.5) is 5.69 Å². The van der Waals surface area contributed by atoms with Gasteiger partial charge in [-0.2, -0.15) is 4.80 Å². The normalized spacial score (nSPS) is 12.2. The first-order valence-electron chi connectivity index (χ1n) is 11.7. The second-order valence-electron chi connectivity index (χ2n) is 9.70. The highest BCUT2D eigenvalue weighted by atomic mass is 16.3. The number of amides is 2. The van der Waals surface area contributed by atoms with Gasteiger partial charge in [-0.1, -0.05) is 48.0 Å². The van der Waals surface area contributed by atoms with Gasteiger partial charge in [-0.25, -0.2) is 0 Å². The molecule has 0 aliphatic carbocycles. The Balaban J connectivity index is 1.69. The van der Waals surface area contributed by atoms with E-state index in [1.54, 1.807) is 31.2 Å². The molecule has 0 bridgehead atoms. The van der Waals surface area contributed by atoms with Crippen LogP contribution in [-0.4, -0.2) is 37.6 Å². The van der Waals surface area contributed by atoms with Gasteiger partial charge in [0.2, 0.25) is 5.82 Å². The van der Waals surface area contributed by atoms with Crippen molar-refractivity contribution in [2.75, 3.05) is 4.90 Å². The number of carbonyl (C=O) groups excluding carboxylic acids is 2. The van der Waals surface area contributed by atoms with Crippen LogP contribution in [0.1, 0.15) is 43.9 Å². The van der Waals surface area contributed by atoms with Gasteiger partial charge in [-0.15, -0.1) is 10.2 Å². The molecule has 0 aliphatic heterocycles. The fourth-order valence-corrected chi connectivity index (χ4v) is 3.76. The number of benzene rings is 2. The highest BCUT2D eigenvalue weighted by molar-refractivity contribution is 6.01. The van der Waals surface area contributed by atoms with Gasteiger partial charge in [-0.05, 0) is 64.1 Å². The lowest BCUT2D eigenvalue weighted by molar-refractivity contribution is -0.128. The molecule has 0 spiro atoms. The number of aromatic nitrogens is 4. The highest BCUT2D eigenvalue weighted by Crippen LogP contribution is 2.30. The third-order valence-electron chi connectivity index (χ3n) is 5.38. The summed E-state index contributed by atoms with van der Waals surface area (Å²) in [7, 11) is 0. The van der Waals surface area contributed by atoms with E-state index in [2.05, 4.69) is 20.7 Å². The number of tetrazole rings is 1. The van der Waals surface area contributed by atoms with E-state index in [9.17, 15) is 9.59 Å². The summed E-state index contributed by atoms with van der Waals surface area (Å²) in [6.07, 6.45) is 0. The maximum absolute atomic E-state index is 13.8. The Morgan fingerprint density at radius 3 is 2.31 bits per heavy atom. The Labute approximate surface area is 210 Å². The second-order valence-corrected chi connectivity index (χ2v) is 9.70. The number of hydrogen-bond acceptors (Lipinski definition) is 6. The number of carbonyl (C=O) groups is 2. The summed E-state index contributed by atoms with van der Waals surface area (Å²) < 4.78 is 5.85. The van der Waals surface area contributed by atoms with Crippen LogP contribution in [0.3, 0.4) is 0 Å². The van der Waals surface area contributed by atoms with E-state index < -0.39 is 17.5 Å². The smallest absolute Gasteiger partial charge is 0.251 e. The Morgan fingerprint density at radius 1 is 1.00 bits per heavy atom. The Kier molecular flexibility index (Phi) is 7.00. The van der Waals surface area contributed by atoms with Crippen molar-refractivity contribution in [3.05, 3.63) is 83.8 Å². The summed E-state index contributed by atoms with van der Waals surface area (Å²) in [5.41, 5.74) is 1.95. The van der Waals surface area contributed by atoms with Crippen molar-refractivity contribution in [2.24, 2.45) is 0 Å². The number of para-hydroxylation sites is 1. The van der Waals surface area contributed by atoms with Gasteiger partial charge in [0.05, 0.1) is 0 Å². The van der Waals surface area contributed by atoms with Gasteiger partial charge in [0, 0.05) is 16.8 Å². The van der Waals surface area contributed by atoms with Crippen LogP contribution >= 0.6 is 0 Å².